The van der Waals surface area contributed by atoms with E-state index < -0.39 is 18.1 Å². The molecule has 1 saturated heterocycles. The van der Waals surface area contributed by atoms with Crippen molar-refractivity contribution in [2.45, 2.75) is 31.7 Å². The summed E-state index contributed by atoms with van der Waals surface area (Å²) in [5.41, 5.74) is 8.14. The van der Waals surface area contributed by atoms with E-state index in [-0.39, 0.29) is 30.6 Å². The summed E-state index contributed by atoms with van der Waals surface area (Å²) in [5.74, 6) is -1.09. The first-order chi connectivity index (χ1) is 15.1. The number of piperazine rings is 1. The molecule has 0 spiro atoms. The van der Waals surface area contributed by atoms with Gasteiger partial charge in [0.05, 0.1) is 5.52 Å². The first-order valence-corrected chi connectivity index (χ1v) is 10.2. The van der Waals surface area contributed by atoms with Crippen molar-refractivity contribution in [1.29, 1.82) is 0 Å². The Labute approximate surface area is 182 Å². The van der Waals surface area contributed by atoms with Crippen molar-refractivity contribution in [3.05, 3.63) is 65.6 Å². The van der Waals surface area contributed by atoms with Crippen LogP contribution in [0.3, 0.4) is 0 Å². The molecule has 3 aromatic rings. The summed E-state index contributed by atoms with van der Waals surface area (Å²) >= 11 is 0. The Kier molecular flexibility index (Phi) is 5.87. The second-order valence-electron chi connectivity index (χ2n) is 8.06. The van der Waals surface area contributed by atoms with Crippen molar-refractivity contribution < 1.29 is 22.4 Å². The zero-order chi connectivity index (χ0) is 23.0. The largest absolute Gasteiger partial charge is 0.405 e. The highest BCUT2D eigenvalue weighted by atomic mass is 19.4. The van der Waals surface area contributed by atoms with Crippen molar-refractivity contribution in [1.82, 2.24) is 15.2 Å². The molecule has 2 heterocycles. The van der Waals surface area contributed by atoms with Crippen LogP contribution >= 0.6 is 0 Å². The zero-order valence-corrected chi connectivity index (χ0v) is 17.3. The maximum atomic E-state index is 13.4. The average Bonchev–Trinajstić information content (AvgIpc) is 2.74. The number of carbonyl (C=O) groups excluding carboxylic acids is 1. The molecule has 2 atom stereocenters. The minimum absolute atomic E-state index is 0.0571. The summed E-state index contributed by atoms with van der Waals surface area (Å²) in [6.45, 7) is 2.26. The predicted octanol–water partition coefficient (Wildman–Crippen LogP) is 3.86. The molecule has 0 radical (unpaired) electrons. The third kappa shape index (κ3) is 4.58. The fourth-order valence-electron chi connectivity index (χ4n) is 3.96. The maximum Gasteiger partial charge on any atom is 0.405 e. The number of halogens is 4. The van der Waals surface area contributed by atoms with Gasteiger partial charge < -0.3 is 11.1 Å². The van der Waals surface area contributed by atoms with E-state index in [0.717, 1.165) is 10.9 Å². The molecule has 0 aliphatic carbocycles. The van der Waals surface area contributed by atoms with Crippen molar-refractivity contribution in [2.24, 2.45) is 5.73 Å². The molecule has 32 heavy (non-hydrogen) atoms. The Hall–Kier alpha value is -3.04. The number of nitrogens with one attached hydrogen (secondary N) is 1. The first-order valence-electron chi connectivity index (χ1n) is 10.2. The van der Waals surface area contributed by atoms with Gasteiger partial charge in [-0.25, -0.2) is 9.37 Å². The molecule has 168 valence electrons. The van der Waals surface area contributed by atoms with Crippen LogP contribution in [0.5, 0.6) is 0 Å². The highest BCUT2D eigenvalue weighted by Gasteiger charge is 2.43. The van der Waals surface area contributed by atoms with Gasteiger partial charge in [-0.1, -0.05) is 24.3 Å². The van der Waals surface area contributed by atoms with Gasteiger partial charge in [0.2, 0.25) is 0 Å². The van der Waals surface area contributed by atoms with Crippen molar-refractivity contribution in [2.75, 3.05) is 13.1 Å². The van der Waals surface area contributed by atoms with Crippen molar-refractivity contribution in [3.8, 4) is 11.1 Å². The van der Waals surface area contributed by atoms with E-state index in [2.05, 4.69) is 10.3 Å². The highest BCUT2D eigenvalue weighted by molar-refractivity contribution is 6.00. The van der Waals surface area contributed by atoms with Gasteiger partial charge in [0.15, 0.2) is 0 Å². The first kappa shape index (κ1) is 22.2. The third-order valence-electron chi connectivity index (χ3n) is 5.76. The van der Waals surface area contributed by atoms with Gasteiger partial charge >= 0.3 is 6.18 Å². The van der Waals surface area contributed by atoms with Crippen LogP contribution in [0.25, 0.3) is 22.0 Å². The van der Waals surface area contributed by atoms with Crippen LogP contribution in [-0.2, 0) is 6.54 Å². The molecule has 0 bridgehead atoms. The number of nitrogens with zero attached hydrogens (tertiary/aromatic N) is 2. The van der Waals surface area contributed by atoms with Gasteiger partial charge in [-0.05, 0) is 47.9 Å². The number of pyridine rings is 1. The second-order valence-corrected chi connectivity index (χ2v) is 8.06. The Balaban J connectivity index is 1.70. The van der Waals surface area contributed by atoms with Gasteiger partial charge in [0, 0.05) is 31.1 Å². The van der Waals surface area contributed by atoms with Crippen molar-refractivity contribution >= 4 is 16.8 Å². The molecule has 1 amide bonds. The number of hydrogen-bond acceptors (Lipinski definition) is 4. The number of fused-ring (bicyclic) bond motifs is 1. The lowest BCUT2D eigenvalue weighted by Crippen LogP contribution is -2.60. The zero-order valence-electron chi connectivity index (χ0n) is 17.3. The fraction of sp³-hybridized carbons (Fsp3) is 0.304. The monoisotopic (exact) mass is 446 g/mol. The number of aromatic nitrogens is 1. The Morgan fingerprint density at radius 1 is 1.19 bits per heavy atom. The summed E-state index contributed by atoms with van der Waals surface area (Å²) in [5, 5.41) is 3.28. The summed E-state index contributed by atoms with van der Waals surface area (Å²) in [6, 6.07) is 11.1. The van der Waals surface area contributed by atoms with E-state index >= 15 is 0 Å². The van der Waals surface area contributed by atoms with Crippen LogP contribution in [0, 0.1) is 5.82 Å². The molecular weight excluding hydrogens is 424 g/mol. The standard InChI is InChI=1S/C23H22F4N4O/c1-13-10-29-21(23(25,26)27)12-31(13)11-14-2-7-17-18(15-3-5-16(24)6-4-15)9-20(22(28)32)30-19(17)8-14/h2-9,13,21,29H,10-12H2,1H3,(H2,28,32). The molecule has 2 aromatic carbocycles. The maximum absolute atomic E-state index is 13.4. The third-order valence-corrected chi connectivity index (χ3v) is 5.76. The number of hydrogen-bond donors (Lipinski definition) is 2. The van der Waals surface area contributed by atoms with E-state index in [0.29, 0.717) is 23.2 Å². The van der Waals surface area contributed by atoms with Crippen LogP contribution < -0.4 is 11.1 Å². The summed E-state index contributed by atoms with van der Waals surface area (Å²) in [7, 11) is 0. The molecular formula is C23H22F4N4O. The number of nitrogens with two attached hydrogens (primary N) is 1. The number of primary amides is 1. The van der Waals surface area contributed by atoms with Crippen LogP contribution in [0.1, 0.15) is 23.0 Å². The minimum atomic E-state index is -4.32. The lowest BCUT2D eigenvalue weighted by molar-refractivity contribution is -0.168. The van der Waals surface area contributed by atoms with Gasteiger partial charge in [-0.3, -0.25) is 9.69 Å². The molecule has 1 fully saturated rings. The Bertz CT molecular complexity index is 1150. The predicted molar refractivity (Wildman–Crippen MR) is 113 cm³/mol. The molecule has 1 aromatic heterocycles. The Morgan fingerprint density at radius 2 is 1.91 bits per heavy atom. The normalized spacial score (nSPS) is 19.9. The smallest absolute Gasteiger partial charge is 0.364 e. The van der Waals surface area contributed by atoms with E-state index in [1.807, 2.05) is 19.1 Å². The van der Waals surface area contributed by atoms with Crippen LogP contribution in [0.2, 0.25) is 0 Å². The van der Waals surface area contributed by atoms with Crippen LogP contribution in [-0.4, -0.2) is 47.1 Å². The lowest BCUT2D eigenvalue weighted by atomic mass is 9.98. The van der Waals surface area contributed by atoms with Gasteiger partial charge in [-0.2, -0.15) is 13.2 Å². The van der Waals surface area contributed by atoms with Gasteiger partial charge in [0.25, 0.3) is 5.91 Å². The van der Waals surface area contributed by atoms with E-state index in [1.54, 1.807) is 29.2 Å². The van der Waals surface area contributed by atoms with E-state index in [1.165, 1.54) is 12.1 Å². The lowest BCUT2D eigenvalue weighted by Gasteiger charge is -2.39. The summed E-state index contributed by atoms with van der Waals surface area (Å²) < 4.78 is 52.9. The van der Waals surface area contributed by atoms with Crippen LogP contribution in [0.4, 0.5) is 17.6 Å². The number of benzene rings is 2. The summed E-state index contributed by atoms with van der Waals surface area (Å²) in [4.78, 5) is 18.0. The number of rotatable bonds is 4. The van der Waals surface area contributed by atoms with Crippen molar-refractivity contribution in [3.63, 3.8) is 0 Å². The molecule has 2 unspecified atom stereocenters. The van der Waals surface area contributed by atoms with Gasteiger partial charge in [0.1, 0.15) is 17.6 Å². The highest BCUT2D eigenvalue weighted by Crippen LogP contribution is 2.30. The quantitative estimate of drug-likeness (QED) is 0.597. The summed E-state index contributed by atoms with van der Waals surface area (Å²) in [6.07, 6.45) is -4.32. The number of amides is 1. The minimum Gasteiger partial charge on any atom is -0.364 e. The average molecular weight is 446 g/mol. The molecule has 1 aliphatic heterocycles. The Morgan fingerprint density at radius 3 is 2.56 bits per heavy atom. The molecule has 1 aliphatic rings. The van der Waals surface area contributed by atoms with Gasteiger partial charge in [-0.15, -0.1) is 0 Å². The number of alkyl halides is 3. The molecule has 4 rings (SSSR count). The second kappa shape index (κ2) is 8.48. The molecule has 0 saturated carbocycles. The number of carbonyl (C=O) groups is 1. The fourth-order valence-corrected chi connectivity index (χ4v) is 3.96. The van der Waals surface area contributed by atoms with E-state index in [4.69, 9.17) is 5.73 Å². The van der Waals surface area contributed by atoms with E-state index in [9.17, 15) is 22.4 Å². The molecule has 5 nitrogen and oxygen atoms in total. The SMILES string of the molecule is CC1CNC(C(F)(F)F)CN1Cc1ccc2c(-c3ccc(F)cc3)cc(C(N)=O)nc2c1. The molecule has 3 N–H and O–H groups in total. The topological polar surface area (TPSA) is 71.2 Å². The van der Waals surface area contributed by atoms with Crippen LogP contribution in [0.15, 0.2) is 48.5 Å². The molecule has 9 heteroatoms.